The Balaban J connectivity index is 2.46. The van der Waals surface area contributed by atoms with Gasteiger partial charge in [-0.05, 0) is 12.5 Å². The minimum atomic E-state index is -4.13. The van der Waals surface area contributed by atoms with Gasteiger partial charge >= 0.3 is 6.18 Å². The fourth-order valence-corrected chi connectivity index (χ4v) is 2.24. The van der Waals surface area contributed by atoms with Crippen molar-refractivity contribution in [3.63, 3.8) is 0 Å². The van der Waals surface area contributed by atoms with E-state index < -0.39 is 12.6 Å². The number of benzene rings is 1. The van der Waals surface area contributed by atoms with Crippen molar-refractivity contribution in [2.24, 2.45) is 0 Å². The van der Waals surface area contributed by atoms with E-state index in [0.29, 0.717) is 10.4 Å². The molecule has 0 amide bonds. The molecule has 0 aliphatic rings. The molecule has 1 unspecified atom stereocenters. The van der Waals surface area contributed by atoms with Gasteiger partial charge in [0.15, 0.2) is 0 Å². The second-order valence-corrected chi connectivity index (χ2v) is 4.81. The van der Waals surface area contributed by atoms with E-state index >= 15 is 0 Å². The van der Waals surface area contributed by atoms with Crippen LogP contribution in [0, 0.1) is 0 Å². The highest BCUT2D eigenvalue weighted by molar-refractivity contribution is 9.09. The van der Waals surface area contributed by atoms with E-state index in [2.05, 4.69) is 15.9 Å². The van der Waals surface area contributed by atoms with Crippen LogP contribution in [0.25, 0.3) is 0 Å². The Morgan fingerprint density at radius 1 is 1.28 bits per heavy atom. The molecule has 0 fully saturated rings. The van der Waals surface area contributed by atoms with Gasteiger partial charge in [-0.3, -0.25) is 0 Å². The van der Waals surface area contributed by atoms with Gasteiger partial charge in [-0.2, -0.15) is 13.2 Å². The monoisotopic (exact) mass is 344 g/mol. The van der Waals surface area contributed by atoms with E-state index in [1.54, 1.807) is 18.2 Å². The predicted octanol–water partition coefficient (Wildman–Crippen LogP) is 5.14. The van der Waals surface area contributed by atoms with Gasteiger partial charge < -0.3 is 4.74 Å². The maximum absolute atomic E-state index is 12.0. The zero-order chi connectivity index (χ0) is 13.6. The van der Waals surface area contributed by atoms with Crippen molar-refractivity contribution in [3.05, 3.63) is 34.9 Å². The summed E-state index contributed by atoms with van der Waals surface area (Å²) in [5.74, 6) is 0. The number of hydrogen-bond donors (Lipinski definition) is 0. The number of hydrogen-bond acceptors (Lipinski definition) is 1. The fraction of sp³-hybridized carbons (Fsp3) is 0.500. The number of alkyl halides is 4. The molecule has 1 rings (SSSR count). The zero-order valence-corrected chi connectivity index (χ0v) is 11.9. The molecule has 0 saturated heterocycles. The van der Waals surface area contributed by atoms with Crippen molar-refractivity contribution in [3.8, 4) is 0 Å². The second-order valence-electron chi connectivity index (χ2n) is 3.75. The molecule has 1 nitrogen and oxygen atoms in total. The minimum absolute atomic E-state index is 0.0442. The van der Waals surface area contributed by atoms with Crippen LogP contribution in [-0.4, -0.2) is 18.1 Å². The molecule has 0 saturated carbocycles. The molecule has 18 heavy (non-hydrogen) atoms. The molecular weight excluding hydrogens is 332 g/mol. The first kappa shape index (κ1) is 15.8. The summed E-state index contributed by atoms with van der Waals surface area (Å²) in [6.07, 6.45) is -5.33. The van der Waals surface area contributed by atoms with Gasteiger partial charge in [0.05, 0.1) is 6.10 Å². The first-order valence-electron chi connectivity index (χ1n) is 5.43. The Bertz CT molecular complexity index is 371. The Morgan fingerprint density at radius 2 is 1.94 bits per heavy atom. The van der Waals surface area contributed by atoms with Gasteiger partial charge in [0.1, 0.15) is 0 Å². The first-order chi connectivity index (χ1) is 8.44. The molecule has 6 heteroatoms. The van der Waals surface area contributed by atoms with Crippen LogP contribution in [0.5, 0.6) is 0 Å². The van der Waals surface area contributed by atoms with Gasteiger partial charge in [0.2, 0.25) is 0 Å². The van der Waals surface area contributed by atoms with Crippen LogP contribution in [0.4, 0.5) is 13.2 Å². The van der Waals surface area contributed by atoms with Crippen molar-refractivity contribution in [1.29, 1.82) is 0 Å². The van der Waals surface area contributed by atoms with Gasteiger partial charge in [0, 0.05) is 28.9 Å². The van der Waals surface area contributed by atoms with Gasteiger partial charge in [-0.25, -0.2) is 0 Å². The summed E-state index contributed by atoms with van der Waals surface area (Å²) in [5, 5.41) is 1.04. The topological polar surface area (TPSA) is 9.23 Å². The average molecular weight is 346 g/mol. The lowest BCUT2D eigenvalue weighted by Crippen LogP contribution is -2.12. The summed E-state index contributed by atoms with van der Waals surface area (Å²) >= 11 is 9.27. The van der Waals surface area contributed by atoms with E-state index in [1.807, 2.05) is 6.07 Å². The van der Waals surface area contributed by atoms with Gasteiger partial charge in [-0.1, -0.05) is 45.7 Å². The van der Waals surface area contributed by atoms with Crippen molar-refractivity contribution >= 4 is 27.5 Å². The molecule has 0 radical (unpaired) electrons. The molecular formula is C12H13BrClF3O. The molecule has 0 heterocycles. The van der Waals surface area contributed by atoms with E-state index in [4.69, 9.17) is 16.3 Å². The Kier molecular flexibility index (Phi) is 6.46. The molecule has 102 valence electrons. The third-order valence-electron chi connectivity index (χ3n) is 2.32. The Morgan fingerprint density at radius 3 is 2.50 bits per heavy atom. The molecule has 1 atom stereocenters. The first-order valence-corrected chi connectivity index (χ1v) is 6.92. The highest BCUT2D eigenvalue weighted by Gasteiger charge is 2.26. The summed E-state index contributed by atoms with van der Waals surface area (Å²) in [6.45, 7) is 0.0565. The molecule has 0 N–H and O–H groups in total. The van der Waals surface area contributed by atoms with Crippen LogP contribution in [0.2, 0.25) is 5.02 Å². The average Bonchev–Trinajstić information content (AvgIpc) is 2.29. The van der Waals surface area contributed by atoms with Crippen LogP contribution >= 0.6 is 27.5 Å². The van der Waals surface area contributed by atoms with E-state index in [0.717, 1.165) is 5.56 Å². The highest BCUT2D eigenvalue weighted by atomic mass is 79.9. The predicted molar refractivity (Wildman–Crippen MR) is 69.2 cm³/mol. The van der Waals surface area contributed by atoms with Crippen LogP contribution in [0.3, 0.4) is 0 Å². The Hall–Kier alpha value is -0.260. The largest absolute Gasteiger partial charge is 0.389 e. The third-order valence-corrected chi connectivity index (χ3v) is 3.25. The van der Waals surface area contributed by atoms with E-state index in [9.17, 15) is 13.2 Å². The summed E-state index contributed by atoms with van der Waals surface area (Å²) < 4.78 is 41.3. The molecule has 1 aromatic rings. The van der Waals surface area contributed by atoms with Gasteiger partial charge in [0.25, 0.3) is 0 Å². The fourth-order valence-electron chi connectivity index (χ4n) is 1.45. The smallest absolute Gasteiger partial charge is 0.373 e. The lowest BCUT2D eigenvalue weighted by atomic mass is 10.1. The maximum Gasteiger partial charge on any atom is 0.389 e. The lowest BCUT2D eigenvalue weighted by Gasteiger charge is -2.17. The Labute approximate surface area is 117 Å². The maximum atomic E-state index is 12.0. The van der Waals surface area contributed by atoms with E-state index in [1.165, 1.54) is 0 Å². The molecule has 0 spiro atoms. The van der Waals surface area contributed by atoms with Crippen molar-refractivity contribution in [2.75, 3.05) is 11.9 Å². The lowest BCUT2D eigenvalue weighted by molar-refractivity contribution is -0.138. The van der Waals surface area contributed by atoms with Crippen LogP contribution in [-0.2, 0) is 4.74 Å². The molecule has 1 aromatic carbocycles. The quantitative estimate of drug-likeness (QED) is 0.513. The zero-order valence-electron chi connectivity index (χ0n) is 9.51. The molecule has 0 aromatic heterocycles. The summed E-state index contributed by atoms with van der Waals surface area (Å²) in [6, 6.07) is 7.14. The van der Waals surface area contributed by atoms with Crippen molar-refractivity contribution in [1.82, 2.24) is 0 Å². The van der Waals surface area contributed by atoms with Gasteiger partial charge in [-0.15, -0.1) is 0 Å². The molecule has 0 bridgehead atoms. The summed E-state index contributed by atoms with van der Waals surface area (Å²) in [7, 11) is 0. The normalized spacial score (nSPS) is 13.6. The second kappa shape index (κ2) is 7.36. The number of ether oxygens (including phenoxy) is 1. The standard InChI is InChI=1S/C12H13BrClF3O/c13-8-11(9-4-1-2-5-10(9)14)18-7-3-6-12(15,16)17/h1-2,4-5,11H,3,6-8H2. The van der Waals surface area contributed by atoms with Crippen molar-refractivity contribution < 1.29 is 17.9 Å². The van der Waals surface area contributed by atoms with Crippen molar-refractivity contribution in [2.45, 2.75) is 25.1 Å². The highest BCUT2D eigenvalue weighted by Crippen LogP contribution is 2.28. The summed E-state index contributed by atoms with van der Waals surface area (Å²) in [4.78, 5) is 0. The minimum Gasteiger partial charge on any atom is -0.373 e. The third kappa shape index (κ3) is 5.59. The van der Waals surface area contributed by atoms with E-state index in [-0.39, 0.29) is 19.1 Å². The number of rotatable bonds is 6. The van der Waals surface area contributed by atoms with Crippen LogP contribution in [0.15, 0.2) is 24.3 Å². The van der Waals surface area contributed by atoms with Crippen LogP contribution < -0.4 is 0 Å². The number of halogens is 5. The molecule has 0 aliphatic carbocycles. The van der Waals surface area contributed by atoms with Crippen LogP contribution in [0.1, 0.15) is 24.5 Å². The summed E-state index contributed by atoms with van der Waals surface area (Å²) in [5.41, 5.74) is 0.781. The molecule has 0 aliphatic heterocycles. The SMILES string of the molecule is FC(F)(F)CCCOC(CBr)c1ccccc1Cl.